The Morgan fingerprint density at radius 3 is 2.17 bits per heavy atom. The maximum Gasteiger partial charge on any atom is 0.419 e. The van der Waals surface area contributed by atoms with E-state index in [1.807, 2.05) is 0 Å². The van der Waals surface area contributed by atoms with E-state index in [1.165, 1.54) is 0 Å². The van der Waals surface area contributed by atoms with Gasteiger partial charge in [0, 0.05) is 6.07 Å². The van der Waals surface area contributed by atoms with E-state index in [0.29, 0.717) is 18.2 Å². The normalized spacial score (nSPS) is 11.7. The molecule has 0 atom stereocenters. The molecule has 0 bridgehead atoms. The lowest BCUT2D eigenvalue weighted by molar-refractivity contribution is -0.138. The van der Waals surface area contributed by atoms with E-state index >= 15 is 0 Å². The van der Waals surface area contributed by atoms with E-state index in [-0.39, 0.29) is 0 Å². The lowest BCUT2D eigenvalue weighted by Gasteiger charge is -2.07. The largest absolute Gasteiger partial charge is 0.507 e. The number of aromatic hydroxyl groups is 1. The summed E-state index contributed by atoms with van der Waals surface area (Å²) in [5.74, 6) is -2.00. The maximum atomic E-state index is 12.2. The average molecular weight is 180 g/mol. The van der Waals surface area contributed by atoms with Crippen molar-refractivity contribution in [2.75, 3.05) is 0 Å². The van der Waals surface area contributed by atoms with Gasteiger partial charge in [-0.25, -0.2) is 4.39 Å². The molecule has 66 valence electrons. The van der Waals surface area contributed by atoms with Crippen LogP contribution >= 0.6 is 0 Å². The minimum atomic E-state index is -4.64. The third-order valence-corrected chi connectivity index (χ3v) is 1.27. The van der Waals surface area contributed by atoms with Crippen LogP contribution in [0.4, 0.5) is 17.6 Å². The summed E-state index contributed by atoms with van der Waals surface area (Å²) in [4.78, 5) is 0. The first-order valence-corrected chi connectivity index (χ1v) is 2.97. The van der Waals surface area contributed by atoms with E-state index < -0.39 is 23.3 Å². The van der Waals surface area contributed by atoms with Gasteiger partial charge in [0.2, 0.25) is 0 Å². The number of halogens is 4. The van der Waals surface area contributed by atoms with Gasteiger partial charge in [0.05, 0.1) is 5.56 Å². The van der Waals surface area contributed by atoms with Crippen LogP contribution in [0.1, 0.15) is 5.56 Å². The molecule has 0 spiro atoms. The molecule has 0 saturated carbocycles. The van der Waals surface area contributed by atoms with Crippen LogP contribution in [0.5, 0.6) is 5.75 Å². The summed E-state index contributed by atoms with van der Waals surface area (Å²) in [6.07, 6.45) is -4.64. The molecule has 0 aliphatic carbocycles. The summed E-state index contributed by atoms with van der Waals surface area (Å²) in [7, 11) is 0. The second-order valence-corrected chi connectivity index (χ2v) is 2.16. The lowest BCUT2D eigenvalue weighted by Crippen LogP contribution is -2.04. The number of hydrogen-bond acceptors (Lipinski definition) is 1. The zero-order valence-corrected chi connectivity index (χ0v) is 5.69. The van der Waals surface area contributed by atoms with Gasteiger partial charge >= 0.3 is 6.18 Å². The van der Waals surface area contributed by atoms with E-state index in [0.717, 1.165) is 0 Å². The van der Waals surface area contributed by atoms with E-state index in [9.17, 15) is 17.6 Å². The van der Waals surface area contributed by atoms with Gasteiger partial charge in [0.1, 0.15) is 11.6 Å². The topological polar surface area (TPSA) is 20.2 Å². The molecule has 1 nitrogen and oxygen atoms in total. The molecule has 1 aromatic carbocycles. The summed E-state index contributed by atoms with van der Waals surface area (Å²) < 4.78 is 47.9. The summed E-state index contributed by atoms with van der Waals surface area (Å²) in [5, 5.41) is 8.67. The molecule has 0 radical (unpaired) electrons. The van der Waals surface area contributed by atoms with Crippen LogP contribution in [0, 0.1) is 5.82 Å². The zero-order valence-electron chi connectivity index (χ0n) is 5.69. The van der Waals surface area contributed by atoms with Crippen LogP contribution in [0.15, 0.2) is 18.2 Å². The molecule has 0 saturated heterocycles. The number of phenolic OH excluding ortho intramolecular Hbond substituents is 1. The highest BCUT2D eigenvalue weighted by Crippen LogP contribution is 2.35. The number of rotatable bonds is 0. The smallest absolute Gasteiger partial charge is 0.419 e. The maximum absolute atomic E-state index is 12.2. The highest BCUT2D eigenvalue weighted by Gasteiger charge is 2.33. The molecule has 1 rings (SSSR count). The predicted molar refractivity (Wildman–Crippen MR) is 33.1 cm³/mol. The Labute approximate surface area is 65.3 Å². The highest BCUT2D eigenvalue weighted by molar-refractivity contribution is 5.34. The monoisotopic (exact) mass is 180 g/mol. The van der Waals surface area contributed by atoms with Crippen molar-refractivity contribution in [2.24, 2.45) is 0 Å². The lowest BCUT2D eigenvalue weighted by atomic mass is 10.2. The molecule has 0 aliphatic rings. The van der Waals surface area contributed by atoms with Crippen molar-refractivity contribution < 1.29 is 22.7 Å². The van der Waals surface area contributed by atoms with Gasteiger partial charge in [0.25, 0.3) is 0 Å². The first kappa shape index (κ1) is 8.83. The van der Waals surface area contributed by atoms with Crippen LogP contribution in [-0.2, 0) is 6.18 Å². The molecular formula is C7H4F4O. The fourth-order valence-electron chi connectivity index (χ4n) is 0.745. The predicted octanol–water partition coefficient (Wildman–Crippen LogP) is 2.55. The Morgan fingerprint density at radius 1 is 1.17 bits per heavy atom. The molecule has 0 unspecified atom stereocenters. The molecule has 0 amide bonds. The molecule has 0 heterocycles. The Bertz CT molecular complexity index is 292. The van der Waals surface area contributed by atoms with Crippen LogP contribution in [0.3, 0.4) is 0 Å². The number of alkyl halides is 3. The number of hydrogen-bond donors (Lipinski definition) is 1. The second-order valence-electron chi connectivity index (χ2n) is 2.16. The van der Waals surface area contributed by atoms with Crippen molar-refractivity contribution in [2.45, 2.75) is 6.18 Å². The van der Waals surface area contributed by atoms with Crippen molar-refractivity contribution in [1.29, 1.82) is 0 Å². The van der Waals surface area contributed by atoms with Gasteiger partial charge in [-0.2, -0.15) is 13.2 Å². The molecule has 12 heavy (non-hydrogen) atoms. The Kier molecular flexibility index (Phi) is 1.95. The number of benzene rings is 1. The fourth-order valence-corrected chi connectivity index (χ4v) is 0.745. The van der Waals surface area contributed by atoms with Gasteiger partial charge < -0.3 is 5.11 Å². The molecule has 1 aromatic rings. The molecule has 0 aromatic heterocycles. The van der Waals surface area contributed by atoms with Crippen molar-refractivity contribution in [3.8, 4) is 5.75 Å². The van der Waals surface area contributed by atoms with Crippen LogP contribution < -0.4 is 0 Å². The average Bonchev–Trinajstić information content (AvgIpc) is 1.83. The summed E-state index contributed by atoms with van der Waals surface area (Å²) in [6, 6.07) is 1.55. The van der Waals surface area contributed by atoms with Crippen LogP contribution in [-0.4, -0.2) is 5.11 Å². The van der Waals surface area contributed by atoms with Crippen LogP contribution in [0.2, 0.25) is 0 Å². The molecular weight excluding hydrogens is 176 g/mol. The summed E-state index contributed by atoms with van der Waals surface area (Å²) in [5.41, 5.74) is -1.23. The third kappa shape index (κ3) is 1.66. The zero-order chi connectivity index (χ0) is 9.35. The van der Waals surface area contributed by atoms with Gasteiger partial charge in [-0.15, -0.1) is 0 Å². The second kappa shape index (κ2) is 2.66. The van der Waals surface area contributed by atoms with Crippen LogP contribution in [0.25, 0.3) is 0 Å². The van der Waals surface area contributed by atoms with Gasteiger partial charge in [-0.3, -0.25) is 0 Å². The summed E-state index contributed by atoms with van der Waals surface area (Å²) >= 11 is 0. The van der Waals surface area contributed by atoms with E-state index in [4.69, 9.17) is 5.11 Å². The minimum Gasteiger partial charge on any atom is -0.507 e. The van der Waals surface area contributed by atoms with E-state index in [2.05, 4.69) is 0 Å². The Balaban J connectivity index is 3.19. The SMILES string of the molecule is Oc1cc(F)ccc1C(F)(F)F. The van der Waals surface area contributed by atoms with Gasteiger partial charge in [-0.05, 0) is 12.1 Å². The molecule has 5 heteroatoms. The molecule has 1 N–H and O–H groups in total. The molecule has 0 aliphatic heterocycles. The first-order chi connectivity index (χ1) is 5.41. The van der Waals surface area contributed by atoms with Crippen molar-refractivity contribution >= 4 is 0 Å². The summed E-state index contributed by atoms with van der Waals surface area (Å²) in [6.45, 7) is 0. The molecule has 0 fully saturated rings. The third-order valence-electron chi connectivity index (χ3n) is 1.27. The first-order valence-electron chi connectivity index (χ1n) is 2.97. The fraction of sp³-hybridized carbons (Fsp3) is 0.143. The van der Waals surface area contributed by atoms with Crippen molar-refractivity contribution in [1.82, 2.24) is 0 Å². The van der Waals surface area contributed by atoms with Crippen molar-refractivity contribution in [3.63, 3.8) is 0 Å². The van der Waals surface area contributed by atoms with Gasteiger partial charge in [0.15, 0.2) is 0 Å². The quantitative estimate of drug-likeness (QED) is 0.608. The Hall–Kier alpha value is -1.26. The van der Waals surface area contributed by atoms with E-state index in [1.54, 1.807) is 0 Å². The standard InChI is InChI=1S/C7H4F4O/c8-4-1-2-5(6(12)3-4)7(9,10)11/h1-3,12H. The highest BCUT2D eigenvalue weighted by atomic mass is 19.4. The van der Waals surface area contributed by atoms with Gasteiger partial charge in [-0.1, -0.05) is 0 Å². The minimum absolute atomic E-state index is 0.419. The number of phenols is 1. The van der Waals surface area contributed by atoms with Crippen molar-refractivity contribution in [3.05, 3.63) is 29.6 Å². The Morgan fingerprint density at radius 2 is 1.75 bits per heavy atom.